The van der Waals surface area contributed by atoms with Crippen molar-refractivity contribution in [3.05, 3.63) is 54.1 Å². The van der Waals surface area contributed by atoms with Gasteiger partial charge >= 0.3 is 0 Å². The highest BCUT2D eigenvalue weighted by atomic mass is 35.5. The summed E-state index contributed by atoms with van der Waals surface area (Å²) in [5, 5.41) is 3.09. The van der Waals surface area contributed by atoms with Crippen LogP contribution in [0.2, 0.25) is 0 Å². The summed E-state index contributed by atoms with van der Waals surface area (Å²) in [6.45, 7) is 0.542. The molecule has 2 aromatic carbocycles. The van der Waals surface area contributed by atoms with Gasteiger partial charge in [-0.3, -0.25) is 4.79 Å². The van der Waals surface area contributed by atoms with Gasteiger partial charge in [0.25, 0.3) is 0 Å². The van der Waals surface area contributed by atoms with E-state index in [2.05, 4.69) is 15.3 Å². The minimum absolute atomic E-state index is 0. The molecule has 1 aromatic heterocycles. The normalized spacial score (nSPS) is 25.6. The molecule has 0 saturated heterocycles. The quantitative estimate of drug-likeness (QED) is 0.629. The Balaban J connectivity index is 0.00000192. The van der Waals surface area contributed by atoms with Crippen LogP contribution in [0.15, 0.2) is 48.5 Å². The van der Waals surface area contributed by atoms with E-state index in [1.54, 1.807) is 0 Å². The van der Waals surface area contributed by atoms with Gasteiger partial charge in [0, 0.05) is 18.2 Å². The number of amides is 1. The molecule has 3 aromatic rings. The number of H-pyrrole nitrogens is 1. The molecule has 28 heavy (non-hydrogen) atoms. The van der Waals surface area contributed by atoms with Gasteiger partial charge in [-0.05, 0) is 48.8 Å². The maximum atomic E-state index is 12.6. The molecule has 2 bridgehead atoms. The first-order chi connectivity index (χ1) is 13.2. The van der Waals surface area contributed by atoms with E-state index in [0.717, 1.165) is 40.8 Å². The van der Waals surface area contributed by atoms with Crippen LogP contribution in [0, 0.1) is 17.8 Å². The van der Waals surface area contributed by atoms with E-state index in [-0.39, 0.29) is 30.3 Å². The largest absolute Gasteiger partial charge is 0.352 e. The molecule has 2 aliphatic carbocycles. The van der Waals surface area contributed by atoms with Gasteiger partial charge < -0.3 is 16.0 Å². The zero-order chi connectivity index (χ0) is 18.4. The van der Waals surface area contributed by atoms with Gasteiger partial charge in [-0.15, -0.1) is 12.4 Å². The summed E-state index contributed by atoms with van der Waals surface area (Å²) in [6, 6.07) is 16.2. The lowest BCUT2D eigenvalue weighted by Crippen LogP contribution is -2.45. The smallest absolute Gasteiger partial charge is 0.225 e. The molecule has 2 aliphatic rings. The zero-order valence-electron chi connectivity index (χ0n) is 15.6. The monoisotopic (exact) mass is 396 g/mol. The third-order valence-electron chi connectivity index (χ3n) is 6.37. The lowest BCUT2D eigenvalue weighted by Gasteiger charge is -2.27. The van der Waals surface area contributed by atoms with Crippen molar-refractivity contribution < 1.29 is 4.79 Å². The van der Waals surface area contributed by atoms with Crippen LogP contribution in [0.3, 0.4) is 0 Å². The Hall–Kier alpha value is -2.37. The van der Waals surface area contributed by atoms with Gasteiger partial charge in [-0.2, -0.15) is 0 Å². The summed E-state index contributed by atoms with van der Waals surface area (Å²) in [7, 11) is 0. The number of para-hydroxylation sites is 2. The number of nitrogens with one attached hydrogen (secondary N) is 2. The van der Waals surface area contributed by atoms with Crippen molar-refractivity contribution in [2.45, 2.75) is 31.8 Å². The van der Waals surface area contributed by atoms with E-state index in [1.807, 2.05) is 48.5 Å². The summed E-state index contributed by atoms with van der Waals surface area (Å²) in [6.07, 6.45) is 3.48. The molecule has 2 fully saturated rings. The molecule has 146 valence electrons. The van der Waals surface area contributed by atoms with Crippen LogP contribution in [-0.2, 0) is 11.3 Å². The Labute approximate surface area is 170 Å². The van der Waals surface area contributed by atoms with E-state index in [4.69, 9.17) is 5.73 Å². The third kappa shape index (κ3) is 3.29. The second-order valence-corrected chi connectivity index (χ2v) is 7.95. The Bertz CT molecular complexity index is 949. The second kappa shape index (κ2) is 7.57. The number of benzene rings is 2. The van der Waals surface area contributed by atoms with Crippen molar-refractivity contribution in [3.63, 3.8) is 0 Å². The average molecular weight is 397 g/mol. The summed E-state index contributed by atoms with van der Waals surface area (Å²) in [5.41, 5.74) is 10.4. The van der Waals surface area contributed by atoms with Crippen molar-refractivity contribution in [1.29, 1.82) is 0 Å². The Kier molecular flexibility index (Phi) is 5.13. The standard InChI is InChI=1S/C22H24N4O.ClH/c23-20-16-10-9-15(11-16)19(20)22(27)24-12-13-5-7-14(8-6-13)21-25-17-3-1-2-4-18(17)26-21;/h1-8,15-16,19-20H,9-12,23H2,(H,24,27)(H,25,26);1H. The highest BCUT2D eigenvalue weighted by Crippen LogP contribution is 2.47. The first-order valence-corrected chi connectivity index (χ1v) is 9.76. The number of nitrogens with two attached hydrogens (primary N) is 1. The van der Waals surface area contributed by atoms with Crippen LogP contribution in [-0.4, -0.2) is 21.9 Å². The number of aromatic amines is 1. The maximum absolute atomic E-state index is 12.6. The fraction of sp³-hybridized carbons (Fsp3) is 0.364. The van der Waals surface area contributed by atoms with E-state index in [9.17, 15) is 4.79 Å². The third-order valence-corrected chi connectivity index (χ3v) is 6.37. The van der Waals surface area contributed by atoms with Gasteiger partial charge in [-0.1, -0.05) is 36.4 Å². The van der Waals surface area contributed by atoms with Crippen LogP contribution < -0.4 is 11.1 Å². The van der Waals surface area contributed by atoms with Crippen LogP contribution in [0.4, 0.5) is 0 Å². The summed E-state index contributed by atoms with van der Waals surface area (Å²) < 4.78 is 0. The Morgan fingerprint density at radius 3 is 2.57 bits per heavy atom. The second-order valence-electron chi connectivity index (χ2n) is 7.95. The minimum Gasteiger partial charge on any atom is -0.352 e. The van der Waals surface area contributed by atoms with Crippen LogP contribution in [0.1, 0.15) is 24.8 Å². The van der Waals surface area contributed by atoms with Crippen LogP contribution >= 0.6 is 12.4 Å². The van der Waals surface area contributed by atoms with Crippen LogP contribution in [0.25, 0.3) is 22.4 Å². The molecule has 0 spiro atoms. The molecule has 5 nitrogen and oxygen atoms in total. The van der Waals surface area contributed by atoms with E-state index < -0.39 is 0 Å². The molecular formula is C22H25ClN4O. The fourth-order valence-electron chi connectivity index (χ4n) is 4.90. The molecule has 1 heterocycles. The lowest BCUT2D eigenvalue weighted by molar-refractivity contribution is -0.127. The molecule has 4 atom stereocenters. The molecule has 0 radical (unpaired) electrons. The SMILES string of the molecule is Cl.NC1C2CCC(C2)C1C(=O)NCc1ccc(-c2nc3ccccc3[nH]2)cc1. The highest BCUT2D eigenvalue weighted by molar-refractivity contribution is 5.85. The number of hydrogen-bond donors (Lipinski definition) is 3. The van der Waals surface area contributed by atoms with Crippen molar-refractivity contribution in [2.75, 3.05) is 0 Å². The number of imidazole rings is 1. The number of carbonyl (C=O) groups excluding carboxylic acids is 1. The van der Waals surface area contributed by atoms with E-state index in [1.165, 1.54) is 6.42 Å². The number of hydrogen-bond acceptors (Lipinski definition) is 3. The zero-order valence-corrected chi connectivity index (χ0v) is 16.4. The molecule has 4 unspecified atom stereocenters. The van der Waals surface area contributed by atoms with E-state index >= 15 is 0 Å². The molecule has 2 saturated carbocycles. The molecule has 1 amide bonds. The number of halogens is 1. The van der Waals surface area contributed by atoms with Crippen molar-refractivity contribution in [1.82, 2.24) is 15.3 Å². The van der Waals surface area contributed by atoms with Gasteiger partial charge in [-0.25, -0.2) is 4.98 Å². The minimum atomic E-state index is -0.00132. The molecule has 6 heteroatoms. The summed E-state index contributed by atoms with van der Waals surface area (Å²) in [5.74, 6) is 2.02. The predicted octanol–water partition coefficient (Wildman–Crippen LogP) is 3.64. The van der Waals surface area contributed by atoms with Gasteiger partial charge in [0.1, 0.15) is 5.82 Å². The average Bonchev–Trinajstić information content (AvgIpc) is 3.40. The van der Waals surface area contributed by atoms with Crippen LogP contribution in [0.5, 0.6) is 0 Å². The summed E-state index contributed by atoms with van der Waals surface area (Å²) >= 11 is 0. The van der Waals surface area contributed by atoms with Crippen molar-refractivity contribution in [3.8, 4) is 11.4 Å². The van der Waals surface area contributed by atoms with Gasteiger partial charge in [0.15, 0.2) is 0 Å². The Morgan fingerprint density at radius 1 is 1.11 bits per heavy atom. The highest BCUT2D eigenvalue weighted by Gasteiger charge is 2.48. The topological polar surface area (TPSA) is 83.8 Å². The molecule has 0 aliphatic heterocycles. The molecular weight excluding hydrogens is 372 g/mol. The first-order valence-electron chi connectivity index (χ1n) is 9.76. The number of carbonyl (C=O) groups is 1. The van der Waals surface area contributed by atoms with E-state index in [0.29, 0.717) is 18.4 Å². The number of nitrogens with zero attached hydrogens (tertiary/aromatic N) is 1. The first kappa shape index (κ1) is 19.0. The van der Waals surface area contributed by atoms with Crippen molar-refractivity contribution in [2.24, 2.45) is 23.5 Å². The maximum Gasteiger partial charge on any atom is 0.225 e. The van der Waals surface area contributed by atoms with Gasteiger partial charge in [0.2, 0.25) is 5.91 Å². The Morgan fingerprint density at radius 2 is 1.86 bits per heavy atom. The fourth-order valence-corrected chi connectivity index (χ4v) is 4.90. The number of rotatable bonds is 4. The predicted molar refractivity (Wildman–Crippen MR) is 113 cm³/mol. The molecule has 4 N–H and O–H groups in total. The number of aromatic nitrogens is 2. The van der Waals surface area contributed by atoms with Crippen molar-refractivity contribution >= 4 is 29.3 Å². The van der Waals surface area contributed by atoms with Gasteiger partial charge in [0.05, 0.1) is 17.0 Å². The lowest BCUT2D eigenvalue weighted by atomic mass is 9.84. The number of fused-ring (bicyclic) bond motifs is 3. The molecule has 5 rings (SSSR count). The summed E-state index contributed by atoms with van der Waals surface area (Å²) in [4.78, 5) is 20.6.